The van der Waals surface area contributed by atoms with Crippen molar-refractivity contribution in [1.82, 2.24) is 20.6 Å². The Labute approximate surface area is 105 Å². The molecule has 2 amide bonds. The van der Waals surface area contributed by atoms with Gasteiger partial charge < -0.3 is 4.74 Å². The predicted molar refractivity (Wildman–Crippen MR) is 55.5 cm³/mol. The van der Waals surface area contributed by atoms with Crippen LogP contribution in [0.15, 0.2) is 12.3 Å². The normalized spacial score (nSPS) is 10.9. The van der Waals surface area contributed by atoms with E-state index in [4.69, 9.17) is 0 Å². The summed E-state index contributed by atoms with van der Waals surface area (Å²) in [5.74, 6) is -0.745. The Morgan fingerprint density at radius 1 is 1.42 bits per heavy atom. The highest BCUT2D eigenvalue weighted by molar-refractivity contribution is 5.78. The zero-order valence-electron chi connectivity index (χ0n) is 9.82. The molecule has 0 aromatic carbocycles. The average Bonchev–Trinajstić information content (AvgIpc) is 2.75. The number of alkyl halides is 3. The van der Waals surface area contributed by atoms with Gasteiger partial charge in [-0.15, -0.1) is 0 Å². The first-order valence-electron chi connectivity index (χ1n) is 5.15. The number of ether oxygens (including phenoxy) is 1. The number of carbonyl (C=O) groups excluding carboxylic acids is 2. The Morgan fingerprint density at radius 3 is 2.63 bits per heavy atom. The Bertz CT molecular complexity index is 458. The van der Waals surface area contributed by atoms with Crippen molar-refractivity contribution in [2.75, 3.05) is 6.61 Å². The van der Waals surface area contributed by atoms with Gasteiger partial charge in [-0.3, -0.25) is 14.9 Å². The molecule has 1 aromatic rings. The maximum atomic E-state index is 12.2. The SMILES string of the molecule is CCOC(=O)NNC(=O)Cn1ccc(C(F)(F)F)n1. The van der Waals surface area contributed by atoms with Crippen LogP contribution in [0.5, 0.6) is 0 Å². The summed E-state index contributed by atoms with van der Waals surface area (Å²) in [5, 5.41) is 3.17. The van der Waals surface area contributed by atoms with Gasteiger partial charge in [-0.05, 0) is 13.0 Å². The van der Waals surface area contributed by atoms with Crippen LogP contribution < -0.4 is 10.9 Å². The van der Waals surface area contributed by atoms with Crippen molar-refractivity contribution in [2.45, 2.75) is 19.6 Å². The number of aromatic nitrogens is 2. The van der Waals surface area contributed by atoms with E-state index in [9.17, 15) is 22.8 Å². The molecular formula is C9H11F3N4O3. The Hall–Kier alpha value is -2.26. The van der Waals surface area contributed by atoms with E-state index >= 15 is 0 Å². The van der Waals surface area contributed by atoms with Gasteiger partial charge in [0.2, 0.25) is 0 Å². The van der Waals surface area contributed by atoms with Crippen molar-refractivity contribution in [3.05, 3.63) is 18.0 Å². The maximum Gasteiger partial charge on any atom is 0.435 e. The fraction of sp³-hybridized carbons (Fsp3) is 0.444. The molecule has 10 heteroatoms. The van der Waals surface area contributed by atoms with E-state index in [0.717, 1.165) is 16.9 Å². The molecule has 0 unspecified atom stereocenters. The third kappa shape index (κ3) is 4.85. The molecule has 0 aliphatic heterocycles. The summed E-state index contributed by atoms with van der Waals surface area (Å²) in [5.41, 5.74) is 2.78. The zero-order chi connectivity index (χ0) is 14.5. The lowest BCUT2D eigenvalue weighted by molar-refractivity contribution is -0.141. The van der Waals surface area contributed by atoms with Gasteiger partial charge in [-0.1, -0.05) is 0 Å². The van der Waals surface area contributed by atoms with Crippen LogP contribution >= 0.6 is 0 Å². The third-order valence-electron chi connectivity index (χ3n) is 1.82. The molecule has 0 aliphatic carbocycles. The average molecular weight is 280 g/mol. The number of halogens is 3. The second-order valence-electron chi connectivity index (χ2n) is 3.29. The van der Waals surface area contributed by atoms with Gasteiger partial charge in [-0.25, -0.2) is 10.2 Å². The number of carbonyl (C=O) groups is 2. The van der Waals surface area contributed by atoms with E-state index < -0.39 is 30.4 Å². The molecule has 2 N–H and O–H groups in total. The van der Waals surface area contributed by atoms with E-state index in [0.29, 0.717) is 0 Å². The lowest BCUT2D eigenvalue weighted by Gasteiger charge is -2.07. The molecule has 1 aromatic heterocycles. The monoisotopic (exact) mass is 280 g/mol. The van der Waals surface area contributed by atoms with Crippen molar-refractivity contribution in [3.8, 4) is 0 Å². The minimum atomic E-state index is -4.56. The van der Waals surface area contributed by atoms with Crippen LogP contribution in [0.2, 0.25) is 0 Å². The van der Waals surface area contributed by atoms with Crippen LogP contribution in [0.1, 0.15) is 12.6 Å². The molecule has 0 saturated carbocycles. The van der Waals surface area contributed by atoms with Crippen LogP contribution in [0.3, 0.4) is 0 Å². The van der Waals surface area contributed by atoms with E-state index in [1.807, 2.05) is 10.9 Å². The molecule has 0 radical (unpaired) electrons. The topological polar surface area (TPSA) is 85.3 Å². The van der Waals surface area contributed by atoms with Crippen molar-refractivity contribution in [2.24, 2.45) is 0 Å². The molecule has 1 heterocycles. The lowest BCUT2D eigenvalue weighted by atomic mass is 10.4. The molecule has 0 fully saturated rings. The first-order valence-corrected chi connectivity index (χ1v) is 5.15. The van der Waals surface area contributed by atoms with E-state index in [1.54, 1.807) is 6.92 Å². The van der Waals surface area contributed by atoms with Crippen LogP contribution in [0.4, 0.5) is 18.0 Å². The molecule has 0 atom stereocenters. The summed E-state index contributed by atoms with van der Waals surface area (Å²) < 4.78 is 41.9. The molecule has 0 bridgehead atoms. The molecule has 0 spiro atoms. The summed E-state index contributed by atoms with van der Waals surface area (Å²) in [4.78, 5) is 22.1. The number of nitrogens with zero attached hydrogens (tertiary/aromatic N) is 2. The van der Waals surface area contributed by atoms with Crippen molar-refractivity contribution in [1.29, 1.82) is 0 Å². The summed E-state index contributed by atoms with van der Waals surface area (Å²) in [6.45, 7) is 1.22. The lowest BCUT2D eigenvalue weighted by Crippen LogP contribution is -2.43. The quantitative estimate of drug-likeness (QED) is 0.797. The van der Waals surface area contributed by atoms with Crippen LogP contribution in [0, 0.1) is 0 Å². The van der Waals surface area contributed by atoms with Crippen molar-refractivity contribution < 1.29 is 27.5 Å². The Kier molecular flexibility index (Phi) is 4.73. The highest BCUT2D eigenvalue weighted by Crippen LogP contribution is 2.27. The van der Waals surface area contributed by atoms with Gasteiger partial charge in [0.1, 0.15) is 6.54 Å². The van der Waals surface area contributed by atoms with Gasteiger partial charge in [0, 0.05) is 6.20 Å². The van der Waals surface area contributed by atoms with E-state index in [1.165, 1.54) is 0 Å². The summed E-state index contributed by atoms with van der Waals surface area (Å²) in [7, 11) is 0. The predicted octanol–water partition coefficient (Wildman–Crippen LogP) is 0.679. The largest absolute Gasteiger partial charge is 0.449 e. The number of hydrazine groups is 1. The molecule has 0 saturated heterocycles. The van der Waals surface area contributed by atoms with E-state index in [2.05, 4.69) is 9.84 Å². The number of rotatable bonds is 3. The standard InChI is InChI=1S/C9H11F3N4O3/c1-2-19-8(18)14-13-7(17)5-16-4-3-6(15-16)9(10,11)12/h3-4H,2,5H2,1H3,(H,13,17)(H,14,18). The van der Waals surface area contributed by atoms with Gasteiger partial charge >= 0.3 is 12.3 Å². The highest BCUT2D eigenvalue weighted by Gasteiger charge is 2.33. The fourth-order valence-electron chi connectivity index (χ4n) is 1.08. The molecule has 19 heavy (non-hydrogen) atoms. The minimum Gasteiger partial charge on any atom is -0.449 e. The second-order valence-corrected chi connectivity index (χ2v) is 3.29. The molecule has 0 aliphatic rings. The number of amides is 2. The van der Waals surface area contributed by atoms with Crippen LogP contribution in [-0.2, 0) is 22.3 Å². The molecule has 1 rings (SSSR count). The Morgan fingerprint density at radius 2 is 2.11 bits per heavy atom. The summed E-state index contributed by atoms with van der Waals surface area (Å²) in [6.07, 6.45) is -4.43. The Balaban J connectivity index is 2.45. The van der Waals surface area contributed by atoms with Crippen LogP contribution in [0.25, 0.3) is 0 Å². The van der Waals surface area contributed by atoms with Gasteiger partial charge in [0.15, 0.2) is 5.69 Å². The molecular weight excluding hydrogens is 269 g/mol. The van der Waals surface area contributed by atoms with Gasteiger partial charge in [-0.2, -0.15) is 18.3 Å². The van der Waals surface area contributed by atoms with Gasteiger partial charge in [0.05, 0.1) is 6.61 Å². The first-order chi connectivity index (χ1) is 8.82. The number of hydrogen-bond donors (Lipinski definition) is 2. The number of nitrogens with one attached hydrogen (secondary N) is 2. The summed E-state index contributed by atoms with van der Waals surface area (Å²) >= 11 is 0. The minimum absolute atomic E-state index is 0.121. The van der Waals surface area contributed by atoms with Crippen LogP contribution in [-0.4, -0.2) is 28.4 Å². The maximum absolute atomic E-state index is 12.2. The third-order valence-corrected chi connectivity index (χ3v) is 1.82. The van der Waals surface area contributed by atoms with Crippen molar-refractivity contribution in [3.63, 3.8) is 0 Å². The highest BCUT2D eigenvalue weighted by atomic mass is 19.4. The zero-order valence-corrected chi connectivity index (χ0v) is 9.82. The summed E-state index contributed by atoms with van der Waals surface area (Å²) in [6, 6.07) is 0.742. The molecule has 106 valence electrons. The number of hydrogen-bond acceptors (Lipinski definition) is 4. The smallest absolute Gasteiger partial charge is 0.435 e. The second kappa shape index (κ2) is 6.07. The van der Waals surface area contributed by atoms with E-state index in [-0.39, 0.29) is 6.61 Å². The first kappa shape index (κ1) is 14.8. The molecule has 7 nitrogen and oxygen atoms in total. The van der Waals surface area contributed by atoms with Crippen molar-refractivity contribution >= 4 is 12.0 Å². The fourth-order valence-corrected chi connectivity index (χ4v) is 1.08. The van der Waals surface area contributed by atoms with Gasteiger partial charge in [0.25, 0.3) is 5.91 Å².